The van der Waals surface area contributed by atoms with Crippen molar-refractivity contribution >= 4 is 23.1 Å². The maximum absolute atomic E-state index is 11.2. The summed E-state index contributed by atoms with van der Waals surface area (Å²) in [5.74, 6) is -0.505. The molecule has 0 atom stereocenters. The predicted molar refractivity (Wildman–Crippen MR) is 86.6 cm³/mol. The number of benzene rings is 1. The summed E-state index contributed by atoms with van der Waals surface area (Å²) in [6.45, 7) is 1.71. The van der Waals surface area contributed by atoms with Crippen molar-refractivity contribution in [2.24, 2.45) is 5.10 Å². The number of carbonyl (C=O) groups is 1. The highest BCUT2D eigenvalue weighted by Crippen LogP contribution is 2.30. The van der Waals surface area contributed by atoms with E-state index in [1.54, 1.807) is 19.1 Å². The molecule has 0 unspecified atom stereocenters. The Morgan fingerprint density at radius 2 is 2.04 bits per heavy atom. The molecule has 0 spiro atoms. The number of aromatic carboxylic acids is 1. The Hall–Kier alpha value is -3.16. The third-order valence-electron chi connectivity index (χ3n) is 3.92. The van der Waals surface area contributed by atoms with E-state index in [9.17, 15) is 20.0 Å². The Morgan fingerprint density at radius 3 is 2.67 bits per heavy atom. The van der Waals surface area contributed by atoms with E-state index in [2.05, 4.69) is 10.5 Å². The second kappa shape index (κ2) is 6.15. The lowest BCUT2D eigenvalue weighted by atomic mass is 9.93. The van der Waals surface area contributed by atoms with Crippen LogP contribution in [0.25, 0.3) is 0 Å². The number of carboxylic acid groups (broad SMARTS) is 1. The molecule has 1 heterocycles. The van der Waals surface area contributed by atoms with Crippen LogP contribution in [0.15, 0.2) is 33.8 Å². The molecular formula is C16H15N3O5. The first-order valence-electron chi connectivity index (χ1n) is 7.40. The quantitative estimate of drug-likeness (QED) is 0.656. The average molecular weight is 329 g/mol. The van der Waals surface area contributed by atoms with Crippen LogP contribution in [0.3, 0.4) is 0 Å². The molecule has 8 heteroatoms. The highest BCUT2D eigenvalue weighted by Gasteiger charge is 2.27. The largest absolute Gasteiger partial charge is 0.475 e. The number of nitro benzene ring substituents is 1. The van der Waals surface area contributed by atoms with E-state index in [0.717, 1.165) is 17.7 Å². The van der Waals surface area contributed by atoms with Gasteiger partial charge >= 0.3 is 5.97 Å². The summed E-state index contributed by atoms with van der Waals surface area (Å²) in [6.07, 6.45) is 2.20. The van der Waals surface area contributed by atoms with Crippen LogP contribution < -0.4 is 5.43 Å². The fourth-order valence-electron chi connectivity index (χ4n) is 2.77. The van der Waals surface area contributed by atoms with Gasteiger partial charge in [-0.2, -0.15) is 5.10 Å². The van der Waals surface area contributed by atoms with E-state index in [1.807, 2.05) is 0 Å². The van der Waals surface area contributed by atoms with Gasteiger partial charge in [0.15, 0.2) is 0 Å². The lowest BCUT2D eigenvalue weighted by Crippen LogP contribution is -2.13. The summed E-state index contributed by atoms with van der Waals surface area (Å²) in [5.41, 5.74) is 5.52. The number of non-ortho nitro benzene ring substituents is 1. The van der Waals surface area contributed by atoms with Crippen molar-refractivity contribution in [2.75, 3.05) is 5.43 Å². The van der Waals surface area contributed by atoms with Crippen molar-refractivity contribution in [2.45, 2.75) is 26.2 Å². The van der Waals surface area contributed by atoms with Crippen LogP contribution in [-0.2, 0) is 6.42 Å². The molecule has 0 aliphatic heterocycles. The molecule has 0 amide bonds. The number of furan rings is 1. The fraction of sp³-hybridized carbons (Fsp3) is 0.250. The third kappa shape index (κ3) is 2.85. The standard InChI is InChI=1S/C16H15N3O5/c1-9-14-12(3-2-4-13(14)24-15(9)16(20)21)18-17-10-5-7-11(8-6-10)19(22)23/h5-8,17H,2-4H2,1H3,(H,20,21). The smallest absolute Gasteiger partial charge is 0.372 e. The number of anilines is 1. The number of nitro groups is 1. The molecule has 0 bridgehead atoms. The van der Waals surface area contributed by atoms with Crippen LogP contribution in [0.5, 0.6) is 0 Å². The normalized spacial score (nSPS) is 15.1. The lowest BCUT2D eigenvalue weighted by molar-refractivity contribution is -0.384. The Morgan fingerprint density at radius 1 is 1.33 bits per heavy atom. The first-order valence-corrected chi connectivity index (χ1v) is 7.40. The zero-order chi connectivity index (χ0) is 17.3. The SMILES string of the molecule is Cc1c(C(=O)O)oc2c1C(=NNc1ccc([N+](=O)[O-])cc1)CCC2. The van der Waals surface area contributed by atoms with E-state index in [-0.39, 0.29) is 11.4 Å². The molecule has 2 N–H and O–H groups in total. The number of hydrogen-bond donors (Lipinski definition) is 2. The summed E-state index contributed by atoms with van der Waals surface area (Å²) < 4.78 is 5.44. The second-order valence-electron chi connectivity index (χ2n) is 5.49. The van der Waals surface area contributed by atoms with Gasteiger partial charge in [-0.25, -0.2) is 4.79 Å². The highest BCUT2D eigenvalue weighted by molar-refractivity contribution is 6.05. The maximum atomic E-state index is 11.2. The van der Waals surface area contributed by atoms with Crippen molar-refractivity contribution in [1.82, 2.24) is 0 Å². The van der Waals surface area contributed by atoms with Gasteiger partial charge in [-0.05, 0) is 31.9 Å². The zero-order valence-corrected chi connectivity index (χ0v) is 12.9. The first-order chi connectivity index (χ1) is 11.5. The van der Waals surface area contributed by atoms with Crippen molar-refractivity contribution in [3.05, 3.63) is 57.0 Å². The molecule has 0 saturated carbocycles. The van der Waals surface area contributed by atoms with Gasteiger partial charge in [0.1, 0.15) is 5.76 Å². The van der Waals surface area contributed by atoms with Gasteiger partial charge in [-0.1, -0.05) is 0 Å². The Balaban J connectivity index is 1.87. The van der Waals surface area contributed by atoms with Crippen LogP contribution in [0.4, 0.5) is 11.4 Å². The van der Waals surface area contributed by atoms with E-state index < -0.39 is 10.9 Å². The molecule has 124 valence electrons. The van der Waals surface area contributed by atoms with Crippen molar-refractivity contribution in [1.29, 1.82) is 0 Å². The van der Waals surface area contributed by atoms with Gasteiger partial charge in [-0.3, -0.25) is 15.5 Å². The van der Waals surface area contributed by atoms with Crippen LogP contribution in [0.1, 0.15) is 40.3 Å². The van der Waals surface area contributed by atoms with Crippen molar-refractivity contribution in [3.8, 4) is 0 Å². The number of fused-ring (bicyclic) bond motifs is 1. The van der Waals surface area contributed by atoms with E-state index in [0.29, 0.717) is 29.9 Å². The molecule has 0 radical (unpaired) electrons. The third-order valence-corrected chi connectivity index (χ3v) is 3.92. The van der Waals surface area contributed by atoms with E-state index >= 15 is 0 Å². The maximum Gasteiger partial charge on any atom is 0.372 e. The molecule has 8 nitrogen and oxygen atoms in total. The summed E-state index contributed by atoms with van der Waals surface area (Å²) in [4.78, 5) is 21.4. The first kappa shape index (κ1) is 15.7. The summed E-state index contributed by atoms with van der Waals surface area (Å²) in [5, 5.41) is 24.2. The van der Waals surface area contributed by atoms with Crippen LogP contribution in [0, 0.1) is 17.0 Å². The molecular weight excluding hydrogens is 314 g/mol. The molecule has 2 aromatic rings. The molecule has 3 rings (SSSR count). The van der Waals surface area contributed by atoms with Gasteiger partial charge in [0.2, 0.25) is 5.76 Å². The van der Waals surface area contributed by atoms with Gasteiger partial charge in [-0.15, -0.1) is 0 Å². The van der Waals surface area contributed by atoms with Crippen LogP contribution in [-0.4, -0.2) is 21.7 Å². The topological polar surface area (TPSA) is 118 Å². The summed E-state index contributed by atoms with van der Waals surface area (Å²) in [6, 6.07) is 5.91. The minimum atomic E-state index is -1.09. The van der Waals surface area contributed by atoms with Crippen molar-refractivity contribution < 1.29 is 19.2 Å². The van der Waals surface area contributed by atoms with Crippen LogP contribution >= 0.6 is 0 Å². The van der Waals surface area contributed by atoms with Gasteiger partial charge in [0.25, 0.3) is 5.69 Å². The van der Waals surface area contributed by atoms with E-state index in [4.69, 9.17) is 4.42 Å². The number of rotatable bonds is 4. The number of hydrogen-bond acceptors (Lipinski definition) is 6. The minimum absolute atomic E-state index is 0.00457. The molecule has 24 heavy (non-hydrogen) atoms. The van der Waals surface area contributed by atoms with Crippen LogP contribution in [0.2, 0.25) is 0 Å². The monoisotopic (exact) mass is 329 g/mol. The molecule has 1 aromatic carbocycles. The molecule has 1 aliphatic carbocycles. The lowest BCUT2D eigenvalue weighted by Gasteiger charge is -2.13. The second-order valence-corrected chi connectivity index (χ2v) is 5.49. The Kier molecular flexibility index (Phi) is 4.03. The zero-order valence-electron chi connectivity index (χ0n) is 12.9. The molecule has 1 aromatic heterocycles. The number of nitrogens with one attached hydrogen (secondary N) is 1. The summed E-state index contributed by atoms with van der Waals surface area (Å²) in [7, 11) is 0. The minimum Gasteiger partial charge on any atom is -0.475 e. The number of aryl methyl sites for hydroxylation is 1. The predicted octanol–water partition coefficient (Wildman–Crippen LogP) is 3.35. The molecule has 0 fully saturated rings. The van der Waals surface area contributed by atoms with Gasteiger partial charge in [0, 0.05) is 29.7 Å². The summed E-state index contributed by atoms with van der Waals surface area (Å²) >= 11 is 0. The Bertz CT molecular complexity index is 836. The van der Waals surface area contributed by atoms with Gasteiger partial charge in [0.05, 0.1) is 16.3 Å². The fourth-order valence-corrected chi connectivity index (χ4v) is 2.77. The van der Waals surface area contributed by atoms with Crippen molar-refractivity contribution in [3.63, 3.8) is 0 Å². The number of nitrogens with zero attached hydrogens (tertiary/aromatic N) is 2. The Labute approximate surface area is 136 Å². The highest BCUT2D eigenvalue weighted by atomic mass is 16.6. The van der Waals surface area contributed by atoms with E-state index in [1.165, 1.54) is 12.1 Å². The average Bonchev–Trinajstić information content (AvgIpc) is 2.91. The molecule has 0 saturated heterocycles. The van der Waals surface area contributed by atoms with Gasteiger partial charge < -0.3 is 9.52 Å². The number of hydrazone groups is 1. The molecule has 1 aliphatic rings. The number of carboxylic acids is 1.